The van der Waals surface area contributed by atoms with E-state index < -0.39 is 11.6 Å². The molecule has 0 fully saturated rings. The largest absolute Gasteiger partial charge is 0.493 e. The Morgan fingerprint density at radius 1 is 1.15 bits per heavy atom. The van der Waals surface area contributed by atoms with Crippen LogP contribution in [0.4, 0.5) is 5.69 Å². The summed E-state index contributed by atoms with van der Waals surface area (Å²) in [5.74, 6) is 0.0276. The molecule has 6 heteroatoms. The van der Waals surface area contributed by atoms with E-state index in [9.17, 15) is 9.59 Å². The first-order valence-electron chi connectivity index (χ1n) is 9.66. The maximum absolute atomic E-state index is 12.8. The van der Waals surface area contributed by atoms with Gasteiger partial charge in [-0.25, -0.2) is 4.79 Å². The fraction of sp³-hybridized carbons (Fsp3) is 0.619. The van der Waals surface area contributed by atoms with Gasteiger partial charge in [-0.05, 0) is 57.7 Å². The molecule has 0 aliphatic carbocycles. The number of ether oxygens (including phenoxy) is 3. The SMILES string of the molecule is CCCOc1ccc(NC(=O)[C@@](C)(CC(C)C)OCC)cc1C(=O)OCC. The van der Waals surface area contributed by atoms with E-state index in [1.54, 1.807) is 32.0 Å². The molecule has 0 bridgehead atoms. The molecule has 1 aromatic carbocycles. The van der Waals surface area contributed by atoms with Gasteiger partial charge in [-0.15, -0.1) is 0 Å². The predicted molar refractivity (Wildman–Crippen MR) is 106 cm³/mol. The zero-order valence-corrected chi connectivity index (χ0v) is 17.4. The monoisotopic (exact) mass is 379 g/mol. The smallest absolute Gasteiger partial charge is 0.341 e. The Labute approximate surface area is 162 Å². The summed E-state index contributed by atoms with van der Waals surface area (Å²) in [4.78, 5) is 25.1. The topological polar surface area (TPSA) is 73.9 Å². The second-order valence-electron chi connectivity index (χ2n) is 7.00. The van der Waals surface area contributed by atoms with Gasteiger partial charge < -0.3 is 19.5 Å². The number of carbonyl (C=O) groups is 2. The van der Waals surface area contributed by atoms with Crippen LogP contribution in [-0.2, 0) is 14.3 Å². The number of hydrogen-bond donors (Lipinski definition) is 1. The quantitative estimate of drug-likeness (QED) is 0.576. The van der Waals surface area contributed by atoms with Crippen LogP contribution in [0.5, 0.6) is 5.75 Å². The second kappa shape index (κ2) is 10.9. The van der Waals surface area contributed by atoms with Gasteiger partial charge in [0.2, 0.25) is 0 Å². The van der Waals surface area contributed by atoms with Crippen molar-refractivity contribution in [2.75, 3.05) is 25.1 Å². The van der Waals surface area contributed by atoms with Gasteiger partial charge in [0.15, 0.2) is 0 Å². The minimum atomic E-state index is -0.940. The van der Waals surface area contributed by atoms with Gasteiger partial charge in [-0.3, -0.25) is 4.79 Å². The van der Waals surface area contributed by atoms with E-state index in [1.165, 1.54) is 0 Å². The summed E-state index contributed by atoms with van der Waals surface area (Å²) in [6.45, 7) is 12.7. The highest BCUT2D eigenvalue weighted by molar-refractivity contribution is 5.99. The highest BCUT2D eigenvalue weighted by atomic mass is 16.5. The molecule has 0 aromatic heterocycles. The molecule has 0 aliphatic heterocycles. The van der Waals surface area contributed by atoms with E-state index in [1.807, 2.05) is 27.7 Å². The summed E-state index contributed by atoms with van der Waals surface area (Å²) < 4.78 is 16.5. The van der Waals surface area contributed by atoms with Gasteiger partial charge in [0.1, 0.15) is 16.9 Å². The molecule has 1 atom stereocenters. The molecule has 0 saturated heterocycles. The summed E-state index contributed by atoms with van der Waals surface area (Å²) in [6.07, 6.45) is 1.41. The van der Waals surface area contributed by atoms with Gasteiger partial charge in [-0.1, -0.05) is 20.8 Å². The Morgan fingerprint density at radius 3 is 2.41 bits per heavy atom. The van der Waals surface area contributed by atoms with Gasteiger partial charge in [-0.2, -0.15) is 0 Å². The lowest BCUT2D eigenvalue weighted by Gasteiger charge is -2.30. The van der Waals surface area contributed by atoms with Gasteiger partial charge in [0, 0.05) is 12.3 Å². The molecule has 152 valence electrons. The molecule has 1 amide bonds. The molecule has 0 aliphatic rings. The highest BCUT2D eigenvalue weighted by Crippen LogP contribution is 2.27. The lowest BCUT2D eigenvalue weighted by atomic mass is 9.93. The standard InChI is InChI=1S/C21H33NO5/c1-7-12-26-18-11-10-16(13-17(18)19(23)25-8-2)22-20(24)21(6,27-9-3)14-15(4)5/h10-11,13,15H,7-9,12,14H2,1-6H3,(H,22,24)/t21-/m1/s1. The predicted octanol–water partition coefficient (Wildman–Crippen LogP) is 4.43. The zero-order valence-electron chi connectivity index (χ0n) is 17.4. The van der Waals surface area contributed by atoms with Crippen molar-refractivity contribution < 1.29 is 23.8 Å². The first kappa shape index (κ1) is 23.0. The summed E-state index contributed by atoms with van der Waals surface area (Å²) in [5, 5.41) is 2.87. The molecule has 1 N–H and O–H groups in total. The number of esters is 1. The van der Waals surface area contributed by atoms with Crippen molar-refractivity contribution in [2.45, 2.75) is 60.0 Å². The Bertz CT molecular complexity index is 629. The summed E-state index contributed by atoms with van der Waals surface area (Å²) in [6, 6.07) is 4.98. The van der Waals surface area contributed by atoms with Crippen LogP contribution in [0, 0.1) is 5.92 Å². The number of nitrogens with one attached hydrogen (secondary N) is 1. The molecule has 1 rings (SSSR count). The molecular weight excluding hydrogens is 346 g/mol. The molecule has 0 radical (unpaired) electrons. The molecule has 0 unspecified atom stereocenters. The van der Waals surface area contributed by atoms with Crippen molar-refractivity contribution in [1.82, 2.24) is 0 Å². The van der Waals surface area contributed by atoms with Crippen LogP contribution in [0.25, 0.3) is 0 Å². The number of benzene rings is 1. The Hall–Kier alpha value is -2.08. The Balaban J connectivity index is 3.09. The Morgan fingerprint density at radius 2 is 1.85 bits per heavy atom. The minimum Gasteiger partial charge on any atom is -0.493 e. The van der Waals surface area contributed by atoms with Gasteiger partial charge in [0.05, 0.1) is 13.2 Å². The van der Waals surface area contributed by atoms with Crippen molar-refractivity contribution in [3.8, 4) is 5.75 Å². The first-order valence-corrected chi connectivity index (χ1v) is 9.66. The fourth-order valence-corrected chi connectivity index (χ4v) is 2.89. The third-order valence-corrected chi connectivity index (χ3v) is 3.94. The average Bonchev–Trinajstić information content (AvgIpc) is 2.60. The van der Waals surface area contributed by atoms with Crippen molar-refractivity contribution in [3.05, 3.63) is 23.8 Å². The lowest BCUT2D eigenvalue weighted by Crippen LogP contribution is -2.44. The zero-order chi connectivity index (χ0) is 20.4. The van der Waals surface area contributed by atoms with E-state index in [0.29, 0.717) is 42.6 Å². The molecular formula is C21H33NO5. The lowest BCUT2D eigenvalue weighted by molar-refractivity contribution is -0.140. The van der Waals surface area contributed by atoms with Crippen molar-refractivity contribution in [1.29, 1.82) is 0 Å². The molecule has 27 heavy (non-hydrogen) atoms. The second-order valence-corrected chi connectivity index (χ2v) is 7.00. The third kappa shape index (κ3) is 6.86. The van der Waals surface area contributed by atoms with Crippen LogP contribution in [0.2, 0.25) is 0 Å². The maximum atomic E-state index is 12.8. The Kier molecular flexibility index (Phi) is 9.29. The first-order chi connectivity index (χ1) is 12.8. The molecule has 0 spiro atoms. The van der Waals surface area contributed by atoms with Crippen molar-refractivity contribution in [3.63, 3.8) is 0 Å². The number of anilines is 1. The van der Waals surface area contributed by atoms with Gasteiger partial charge in [0.25, 0.3) is 5.91 Å². The molecule has 0 heterocycles. The third-order valence-electron chi connectivity index (χ3n) is 3.94. The van der Waals surface area contributed by atoms with E-state index in [0.717, 1.165) is 6.42 Å². The van der Waals surface area contributed by atoms with E-state index in [-0.39, 0.29) is 12.5 Å². The van der Waals surface area contributed by atoms with Crippen molar-refractivity contribution >= 4 is 17.6 Å². The highest BCUT2D eigenvalue weighted by Gasteiger charge is 2.34. The number of hydrogen-bond acceptors (Lipinski definition) is 5. The minimum absolute atomic E-state index is 0.241. The van der Waals surface area contributed by atoms with Crippen LogP contribution in [0.15, 0.2) is 18.2 Å². The number of carbonyl (C=O) groups excluding carboxylic acids is 2. The fourth-order valence-electron chi connectivity index (χ4n) is 2.89. The number of rotatable bonds is 11. The maximum Gasteiger partial charge on any atom is 0.341 e. The number of amides is 1. The van der Waals surface area contributed by atoms with Crippen LogP contribution in [0.3, 0.4) is 0 Å². The normalized spacial score (nSPS) is 13.1. The van der Waals surface area contributed by atoms with Crippen molar-refractivity contribution in [2.24, 2.45) is 5.92 Å². The van der Waals surface area contributed by atoms with Gasteiger partial charge >= 0.3 is 5.97 Å². The van der Waals surface area contributed by atoms with Crippen LogP contribution in [-0.4, -0.2) is 37.3 Å². The summed E-state index contributed by atoms with van der Waals surface area (Å²) in [7, 11) is 0. The summed E-state index contributed by atoms with van der Waals surface area (Å²) >= 11 is 0. The van der Waals surface area contributed by atoms with Crippen LogP contribution < -0.4 is 10.1 Å². The molecule has 1 aromatic rings. The summed E-state index contributed by atoms with van der Waals surface area (Å²) in [5.41, 5.74) is -0.142. The molecule has 0 saturated carbocycles. The molecule has 6 nitrogen and oxygen atoms in total. The van der Waals surface area contributed by atoms with E-state index in [4.69, 9.17) is 14.2 Å². The van der Waals surface area contributed by atoms with E-state index >= 15 is 0 Å². The van der Waals surface area contributed by atoms with Crippen LogP contribution in [0.1, 0.15) is 64.7 Å². The van der Waals surface area contributed by atoms with Crippen LogP contribution >= 0.6 is 0 Å². The van der Waals surface area contributed by atoms with E-state index in [2.05, 4.69) is 5.32 Å². The average molecular weight is 379 g/mol.